The van der Waals surface area contributed by atoms with Crippen LogP contribution in [0, 0.1) is 11.3 Å². The lowest BCUT2D eigenvalue weighted by atomic mass is 10.1. The first-order valence-corrected chi connectivity index (χ1v) is 7.55. The number of quaternary nitrogens is 1. The van der Waals surface area contributed by atoms with Crippen LogP contribution in [0.4, 0.5) is 5.69 Å². The number of piperazine rings is 3. The highest BCUT2D eigenvalue weighted by Crippen LogP contribution is 2.22. The SMILES string of the molecule is N#Cc1ccc(Cl)cc1NC(=O)C[N+]12CCN(CC1)CC2. The van der Waals surface area contributed by atoms with Gasteiger partial charge in [-0.1, -0.05) is 11.6 Å². The van der Waals surface area contributed by atoms with E-state index in [1.807, 2.05) is 0 Å². The van der Waals surface area contributed by atoms with Crippen molar-refractivity contribution in [3.05, 3.63) is 28.8 Å². The lowest BCUT2D eigenvalue weighted by Gasteiger charge is -2.50. The van der Waals surface area contributed by atoms with Crippen molar-refractivity contribution >= 4 is 23.2 Å². The van der Waals surface area contributed by atoms with Gasteiger partial charge in [0.1, 0.15) is 6.07 Å². The Hall–Kier alpha value is -1.61. The van der Waals surface area contributed by atoms with Crippen LogP contribution in [0.3, 0.4) is 0 Å². The van der Waals surface area contributed by atoms with E-state index in [2.05, 4.69) is 16.3 Å². The quantitative estimate of drug-likeness (QED) is 0.856. The van der Waals surface area contributed by atoms with Crippen LogP contribution in [0.25, 0.3) is 0 Å². The zero-order valence-electron chi connectivity index (χ0n) is 11.8. The van der Waals surface area contributed by atoms with E-state index in [9.17, 15) is 4.79 Å². The average Bonchev–Trinajstić information content (AvgIpc) is 2.48. The fourth-order valence-electron chi connectivity index (χ4n) is 3.18. The molecule has 0 atom stereocenters. The molecule has 1 aromatic carbocycles. The molecule has 3 aliphatic rings. The van der Waals surface area contributed by atoms with Crippen molar-refractivity contribution in [1.82, 2.24) is 4.90 Å². The first-order valence-electron chi connectivity index (χ1n) is 7.17. The standard InChI is InChI=1S/C15H17ClN4O/c16-13-2-1-12(10-17)14(9-13)18-15(21)11-20-6-3-19(4-7-20)5-8-20/h1-2,9H,3-8,11H2/p+1. The van der Waals surface area contributed by atoms with E-state index in [0.29, 0.717) is 22.8 Å². The number of carbonyl (C=O) groups is 1. The predicted molar refractivity (Wildman–Crippen MR) is 81.0 cm³/mol. The minimum atomic E-state index is -0.0379. The Labute approximate surface area is 129 Å². The summed E-state index contributed by atoms with van der Waals surface area (Å²) in [6.45, 7) is 6.82. The molecule has 5 nitrogen and oxygen atoms in total. The summed E-state index contributed by atoms with van der Waals surface area (Å²) in [6, 6.07) is 6.99. The van der Waals surface area contributed by atoms with Crippen molar-refractivity contribution in [3.63, 3.8) is 0 Å². The van der Waals surface area contributed by atoms with Gasteiger partial charge < -0.3 is 9.80 Å². The molecule has 1 aromatic rings. The summed E-state index contributed by atoms with van der Waals surface area (Å²) in [5.74, 6) is -0.0379. The Morgan fingerprint density at radius 1 is 1.33 bits per heavy atom. The summed E-state index contributed by atoms with van der Waals surface area (Å²) >= 11 is 5.94. The number of nitriles is 1. The van der Waals surface area contributed by atoms with Gasteiger partial charge in [-0.25, -0.2) is 0 Å². The number of nitrogens with one attached hydrogen (secondary N) is 1. The smallest absolute Gasteiger partial charge is 0.279 e. The number of fused-ring (bicyclic) bond motifs is 3. The highest BCUT2D eigenvalue weighted by molar-refractivity contribution is 6.31. The van der Waals surface area contributed by atoms with Crippen molar-refractivity contribution in [2.75, 3.05) is 51.1 Å². The number of amides is 1. The average molecular weight is 306 g/mol. The van der Waals surface area contributed by atoms with Crippen LogP contribution in [0.15, 0.2) is 18.2 Å². The molecule has 0 aliphatic carbocycles. The molecule has 3 fully saturated rings. The minimum absolute atomic E-state index is 0.0379. The van der Waals surface area contributed by atoms with Gasteiger partial charge in [0.15, 0.2) is 6.54 Å². The van der Waals surface area contributed by atoms with E-state index >= 15 is 0 Å². The van der Waals surface area contributed by atoms with Crippen molar-refractivity contribution in [2.24, 2.45) is 0 Å². The molecular weight excluding hydrogens is 288 g/mol. The topological polar surface area (TPSA) is 56.1 Å². The highest BCUT2D eigenvalue weighted by atomic mass is 35.5. The van der Waals surface area contributed by atoms with Gasteiger partial charge in [-0.3, -0.25) is 9.69 Å². The molecular formula is C15H18ClN4O+. The summed E-state index contributed by atoms with van der Waals surface area (Å²) < 4.78 is 0.866. The molecule has 6 heteroatoms. The second-order valence-electron chi connectivity index (χ2n) is 5.86. The minimum Gasteiger partial charge on any atom is -0.320 e. The van der Waals surface area contributed by atoms with Gasteiger partial charge in [0.05, 0.1) is 30.9 Å². The first kappa shape index (κ1) is 14.3. The number of carbonyl (C=O) groups excluding carboxylic acids is 1. The second kappa shape index (κ2) is 5.64. The molecule has 0 aromatic heterocycles. The third kappa shape index (κ3) is 3.03. The van der Waals surface area contributed by atoms with Crippen LogP contribution in [0.5, 0.6) is 0 Å². The Morgan fingerprint density at radius 2 is 2.00 bits per heavy atom. The Morgan fingerprint density at radius 3 is 2.62 bits per heavy atom. The molecule has 0 radical (unpaired) electrons. The van der Waals surface area contributed by atoms with E-state index in [1.54, 1.807) is 18.2 Å². The summed E-state index contributed by atoms with van der Waals surface area (Å²) in [5.41, 5.74) is 0.944. The Bertz CT molecular complexity index is 588. The zero-order chi connectivity index (χ0) is 14.9. The number of halogens is 1. The van der Waals surface area contributed by atoms with Crippen LogP contribution in [-0.2, 0) is 4.79 Å². The zero-order valence-corrected chi connectivity index (χ0v) is 12.6. The molecule has 2 bridgehead atoms. The number of nitrogens with zero attached hydrogens (tertiary/aromatic N) is 3. The van der Waals surface area contributed by atoms with Crippen molar-refractivity contribution in [1.29, 1.82) is 5.26 Å². The van der Waals surface area contributed by atoms with E-state index in [0.717, 1.165) is 43.8 Å². The molecule has 1 amide bonds. The molecule has 1 N–H and O–H groups in total. The van der Waals surface area contributed by atoms with Gasteiger partial charge in [-0.05, 0) is 18.2 Å². The number of rotatable bonds is 3. The molecule has 3 saturated heterocycles. The lowest BCUT2D eigenvalue weighted by molar-refractivity contribution is -0.933. The van der Waals surface area contributed by atoms with Gasteiger partial charge in [0, 0.05) is 24.7 Å². The van der Waals surface area contributed by atoms with Crippen molar-refractivity contribution in [2.45, 2.75) is 0 Å². The normalized spacial score (nSPS) is 27.1. The molecule has 0 saturated carbocycles. The van der Waals surface area contributed by atoms with Gasteiger partial charge in [-0.2, -0.15) is 5.26 Å². The third-order valence-electron chi connectivity index (χ3n) is 4.53. The first-order chi connectivity index (χ1) is 10.1. The fourth-order valence-corrected chi connectivity index (χ4v) is 3.35. The van der Waals surface area contributed by atoms with Gasteiger partial charge in [0.25, 0.3) is 5.91 Å². The number of hydrogen-bond acceptors (Lipinski definition) is 3. The van der Waals surface area contributed by atoms with E-state index < -0.39 is 0 Å². The second-order valence-corrected chi connectivity index (χ2v) is 6.30. The number of anilines is 1. The van der Waals surface area contributed by atoms with Crippen molar-refractivity contribution in [3.8, 4) is 6.07 Å². The molecule has 3 aliphatic heterocycles. The maximum absolute atomic E-state index is 12.3. The monoisotopic (exact) mass is 305 g/mol. The van der Waals surface area contributed by atoms with E-state index in [-0.39, 0.29) is 5.91 Å². The van der Waals surface area contributed by atoms with Crippen LogP contribution in [0.2, 0.25) is 5.02 Å². The van der Waals surface area contributed by atoms with Gasteiger partial charge in [0.2, 0.25) is 0 Å². The maximum Gasteiger partial charge on any atom is 0.279 e. The molecule has 21 heavy (non-hydrogen) atoms. The molecule has 4 rings (SSSR count). The van der Waals surface area contributed by atoms with Crippen molar-refractivity contribution < 1.29 is 9.28 Å². The van der Waals surface area contributed by atoms with Crippen LogP contribution in [-0.4, -0.2) is 61.1 Å². The molecule has 0 spiro atoms. The number of benzene rings is 1. The van der Waals surface area contributed by atoms with Crippen LogP contribution in [0.1, 0.15) is 5.56 Å². The molecule has 3 heterocycles. The van der Waals surface area contributed by atoms with E-state index in [4.69, 9.17) is 16.9 Å². The predicted octanol–water partition coefficient (Wildman–Crippen LogP) is 1.30. The summed E-state index contributed by atoms with van der Waals surface area (Å²) in [4.78, 5) is 14.8. The lowest BCUT2D eigenvalue weighted by Crippen LogP contribution is -2.68. The Balaban J connectivity index is 1.69. The summed E-state index contributed by atoms with van der Waals surface area (Å²) in [7, 11) is 0. The van der Waals surface area contributed by atoms with Gasteiger partial charge in [-0.15, -0.1) is 0 Å². The number of hydrogen-bond donors (Lipinski definition) is 1. The van der Waals surface area contributed by atoms with E-state index in [1.165, 1.54) is 0 Å². The van der Waals surface area contributed by atoms with Crippen LogP contribution >= 0.6 is 11.6 Å². The largest absolute Gasteiger partial charge is 0.320 e. The Kier molecular flexibility index (Phi) is 3.85. The molecule has 0 unspecified atom stereocenters. The molecule has 110 valence electrons. The fraction of sp³-hybridized carbons (Fsp3) is 0.467. The summed E-state index contributed by atoms with van der Waals surface area (Å²) in [5, 5.41) is 12.5. The van der Waals surface area contributed by atoms with Gasteiger partial charge >= 0.3 is 0 Å². The highest BCUT2D eigenvalue weighted by Gasteiger charge is 2.39. The summed E-state index contributed by atoms with van der Waals surface area (Å²) in [6.07, 6.45) is 0. The maximum atomic E-state index is 12.3. The third-order valence-corrected chi connectivity index (χ3v) is 4.76. The van der Waals surface area contributed by atoms with Crippen LogP contribution < -0.4 is 5.32 Å².